The molecule has 0 spiro atoms. The van der Waals surface area contributed by atoms with Crippen LogP contribution in [0.2, 0.25) is 0 Å². The van der Waals surface area contributed by atoms with E-state index in [2.05, 4.69) is 58.2 Å². The number of ether oxygens (including phenoxy) is 6. The lowest BCUT2D eigenvalue weighted by molar-refractivity contribution is 0.0160. The van der Waals surface area contributed by atoms with Crippen LogP contribution in [0.4, 0.5) is 14.5 Å². The Morgan fingerprint density at radius 1 is 0.717 bits per heavy atom. The van der Waals surface area contributed by atoms with E-state index in [-0.39, 0.29) is 31.5 Å². The van der Waals surface area contributed by atoms with Crippen LogP contribution in [0, 0.1) is 11.6 Å². The smallest absolute Gasteiger partial charge is 0.201 e. The number of fused-ring (bicyclic) bond motifs is 2. The highest BCUT2D eigenvalue weighted by Gasteiger charge is 2.13. The van der Waals surface area contributed by atoms with Crippen molar-refractivity contribution in [2.24, 2.45) is 0 Å². The van der Waals surface area contributed by atoms with Gasteiger partial charge >= 0.3 is 0 Å². The molecule has 1 aliphatic carbocycles. The third-order valence-electron chi connectivity index (χ3n) is 9.40. The van der Waals surface area contributed by atoms with E-state index in [9.17, 15) is 13.9 Å². The largest absolute Gasteiger partial charge is 0.491 e. The molecule has 4 aromatic rings. The van der Waals surface area contributed by atoms with E-state index in [4.69, 9.17) is 33.4 Å². The zero-order valence-corrected chi connectivity index (χ0v) is 35.1. The molecule has 0 unspecified atom stereocenters. The van der Waals surface area contributed by atoms with Crippen molar-refractivity contribution >= 4 is 27.2 Å². The molecule has 4 aromatic carbocycles. The number of nitrogens with zero attached hydrogens (tertiary/aromatic N) is 3. The summed E-state index contributed by atoms with van der Waals surface area (Å²) in [5.74, 6) is 0.688. The maximum absolute atomic E-state index is 13.4. The Kier molecular flexibility index (Phi) is 17.0. The summed E-state index contributed by atoms with van der Waals surface area (Å²) in [4.78, 5) is 8.20. The van der Waals surface area contributed by atoms with Crippen LogP contribution in [0.15, 0.2) is 103 Å². The van der Waals surface area contributed by atoms with Gasteiger partial charge in [-0.1, -0.05) is 24.3 Å². The SMILES string of the molecule is CN(CCOCCOCCOCCNC[C@@H](O)COc1ccc(OCc2ccc(F)cc2)c(OCc2ccc(F)cc2)c1)c1ccc2nc3ccc(=[N+](C)C)cc-3sc2c1. The van der Waals surface area contributed by atoms with E-state index >= 15 is 0 Å². The monoisotopic (exact) mass is 843 g/mol. The molecule has 2 aliphatic rings. The number of anilines is 1. The van der Waals surface area contributed by atoms with Gasteiger partial charge < -0.3 is 43.7 Å². The number of aromatic nitrogens is 1. The molecule has 0 bridgehead atoms. The van der Waals surface area contributed by atoms with Crippen molar-refractivity contribution in [2.75, 3.05) is 91.9 Å². The van der Waals surface area contributed by atoms with Gasteiger partial charge in [0.1, 0.15) is 57.4 Å². The summed E-state index contributed by atoms with van der Waals surface area (Å²) < 4.78 is 64.9. The molecular formula is C46H53F2N4O7S+. The van der Waals surface area contributed by atoms with Crippen LogP contribution < -0.4 is 34.4 Å². The summed E-state index contributed by atoms with van der Waals surface area (Å²) in [6, 6.07) is 29.9. The minimum atomic E-state index is -0.769. The number of hydrogen-bond acceptors (Lipinski definition) is 11. The number of likely N-dealkylation sites (N-methyl/N-ethyl adjacent to an activating group) is 1. The predicted octanol–water partition coefficient (Wildman–Crippen LogP) is 6.38. The lowest BCUT2D eigenvalue weighted by atomic mass is 10.2. The van der Waals surface area contributed by atoms with Crippen molar-refractivity contribution in [3.63, 3.8) is 0 Å². The van der Waals surface area contributed by atoms with Crippen molar-refractivity contribution in [3.05, 3.63) is 131 Å². The second-order valence-electron chi connectivity index (χ2n) is 14.3. The molecule has 60 heavy (non-hydrogen) atoms. The fourth-order valence-electron chi connectivity index (χ4n) is 5.95. The molecule has 0 saturated carbocycles. The molecule has 318 valence electrons. The Hall–Kier alpha value is -5.22. The van der Waals surface area contributed by atoms with Crippen LogP contribution in [-0.2, 0) is 27.4 Å². The summed E-state index contributed by atoms with van der Waals surface area (Å²) in [5, 5.41) is 14.8. The molecule has 1 heterocycles. The van der Waals surface area contributed by atoms with Gasteiger partial charge in [-0.05, 0) is 71.8 Å². The molecular weight excluding hydrogens is 791 g/mol. The number of benzene rings is 5. The molecule has 14 heteroatoms. The number of hydrogen-bond donors (Lipinski definition) is 2. The lowest BCUT2D eigenvalue weighted by Crippen LogP contribution is -2.33. The second-order valence-corrected chi connectivity index (χ2v) is 15.4. The van der Waals surface area contributed by atoms with Crippen LogP contribution in [-0.4, -0.2) is 103 Å². The average Bonchev–Trinajstić information content (AvgIpc) is 3.25. The molecule has 2 N–H and O–H groups in total. The van der Waals surface area contributed by atoms with Crippen molar-refractivity contribution in [3.8, 4) is 27.8 Å². The number of aliphatic hydroxyl groups is 1. The van der Waals surface area contributed by atoms with Crippen LogP contribution >= 0.6 is 11.3 Å². The van der Waals surface area contributed by atoms with Gasteiger partial charge in [-0.25, -0.2) is 18.3 Å². The number of aliphatic hydroxyl groups excluding tert-OH is 1. The third kappa shape index (κ3) is 13.9. The highest BCUT2D eigenvalue weighted by Crippen LogP contribution is 2.34. The second kappa shape index (κ2) is 23.0. The molecule has 0 aromatic heterocycles. The molecule has 11 nitrogen and oxygen atoms in total. The van der Waals surface area contributed by atoms with Gasteiger partial charge in [-0.2, -0.15) is 0 Å². The summed E-state index contributed by atoms with van der Waals surface area (Å²) >= 11 is 1.75. The van der Waals surface area contributed by atoms with Crippen LogP contribution in [0.5, 0.6) is 17.2 Å². The highest BCUT2D eigenvalue weighted by atomic mass is 32.1. The average molecular weight is 844 g/mol. The molecule has 0 saturated heterocycles. The van der Waals surface area contributed by atoms with E-state index < -0.39 is 6.10 Å². The first-order valence-electron chi connectivity index (χ1n) is 19.9. The van der Waals surface area contributed by atoms with E-state index in [1.54, 1.807) is 53.8 Å². The molecule has 0 fully saturated rings. The van der Waals surface area contributed by atoms with Crippen molar-refractivity contribution in [2.45, 2.75) is 19.3 Å². The van der Waals surface area contributed by atoms with Gasteiger partial charge in [0, 0.05) is 50.6 Å². The van der Waals surface area contributed by atoms with E-state index in [0.717, 1.165) is 49.5 Å². The first-order valence-corrected chi connectivity index (χ1v) is 20.7. The standard InChI is InChI=1S/C46H53F2N4O7S/c1-51(2)37-12-15-41-45(26-37)60-46-27-38(13-16-42(46)50-41)52(3)19-21-55-23-25-56-24-22-54-20-18-49-29-39(53)32-57-40-14-17-43(58-30-33-4-8-35(47)9-5-33)44(28-40)59-31-34-6-10-36(48)11-7-34/h4-17,26-28,39,49,53H,18-25,29-32H2,1-3H3/q+1/t39-/m1/s1. The maximum atomic E-state index is 13.4. The van der Waals surface area contributed by atoms with E-state index in [1.807, 2.05) is 14.1 Å². The Labute approximate surface area is 353 Å². The number of nitrogens with one attached hydrogen (secondary N) is 1. The Morgan fingerprint density at radius 3 is 2.05 bits per heavy atom. The maximum Gasteiger partial charge on any atom is 0.201 e. The van der Waals surface area contributed by atoms with Crippen LogP contribution in [0.1, 0.15) is 11.1 Å². The first kappa shape index (κ1) is 44.3. The van der Waals surface area contributed by atoms with Gasteiger partial charge in [-0.3, -0.25) is 0 Å². The molecule has 0 amide bonds. The Balaban J connectivity index is 0.810. The summed E-state index contributed by atoms with van der Waals surface area (Å²) in [7, 11) is 6.15. The number of rotatable bonds is 24. The van der Waals surface area contributed by atoms with E-state index in [0.29, 0.717) is 70.0 Å². The van der Waals surface area contributed by atoms with Gasteiger partial charge in [-0.15, -0.1) is 11.3 Å². The highest BCUT2D eigenvalue weighted by molar-refractivity contribution is 7.21. The van der Waals surface area contributed by atoms with E-state index in [1.165, 1.54) is 24.3 Å². The predicted molar refractivity (Wildman–Crippen MR) is 231 cm³/mol. The summed E-state index contributed by atoms with van der Waals surface area (Å²) in [6.45, 7) is 4.98. The summed E-state index contributed by atoms with van der Waals surface area (Å²) in [5.41, 5.74) is 4.68. The Morgan fingerprint density at radius 2 is 1.37 bits per heavy atom. The quantitative estimate of drug-likeness (QED) is 0.0405. The van der Waals surface area contributed by atoms with Crippen molar-refractivity contribution in [1.82, 2.24) is 14.9 Å². The number of halogens is 2. The lowest BCUT2D eigenvalue weighted by Gasteiger charge is -2.20. The zero-order chi connectivity index (χ0) is 42.1. The van der Waals surface area contributed by atoms with Crippen molar-refractivity contribution < 1.29 is 42.3 Å². The van der Waals surface area contributed by atoms with Crippen LogP contribution in [0.25, 0.3) is 20.8 Å². The first-order chi connectivity index (χ1) is 29.2. The molecule has 1 aliphatic heterocycles. The fraction of sp³-hybridized carbons (Fsp3) is 0.348. The normalized spacial score (nSPS) is 11.8. The minimum absolute atomic E-state index is 0.0462. The summed E-state index contributed by atoms with van der Waals surface area (Å²) in [6.07, 6.45) is -0.769. The molecule has 0 radical (unpaired) electrons. The van der Waals surface area contributed by atoms with Gasteiger partial charge in [0.2, 0.25) is 5.36 Å². The topological polar surface area (TPSA) is 107 Å². The Bertz CT molecular complexity index is 2270. The molecule has 1 atom stereocenters. The fourth-order valence-corrected chi connectivity index (χ4v) is 6.98. The third-order valence-corrected chi connectivity index (χ3v) is 10.5. The van der Waals surface area contributed by atoms with Crippen molar-refractivity contribution in [1.29, 1.82) is 0 Å². The van der Waals surface area contributed by atoms with Gasteiger partial charge in [0.15, 0.2) is 11.5 Å². The van der Waals surface area contributed by atoms with Gasteiger partial charge in [0.25, 0.3) is 0 Å². The minimum Gasteiger partial charge on any atom is -0.491 e. The van der Waals surface area contributed by atoms with Crippen LogP contribution in [0.3, 0.4) is 0 Å². The van der Waals surface area contributed by atoms with Gasteiger partial charge in [0.05, 0.1) is 60.4 Å². The molecule has 6 rings (SSSR count). The zero-order valence-electron chi connectivity index (χ0n) is 34.3.